The van der Waals surface area contributed by atoms with Gasteiger partial charge in [0, 0.05) is 92.3 Å². The van der Waals surface area contributed by atoms with E-state index in [2.05, 4.69) is 50.8 Å². The van der Waals surface area contributed by atoms with Gasteiger partial charge in [-0.15, -0.1) is 0 Å². The third-order valence-electron chi connectivity index (χ3n) is 12.7. The number of anilines is 2. The van der Waals surface area contributed by atoms with E-state index in [0.29, 0.717) is 38.2 Å². The molecule has 64 heavy (non-hydrogen) atoms. The number of amides is 2. The molecule has 3 aliphatic rings. The number of nitro benzene ring substituents is 1. The summed E-state index contributed by atoms with van der Waals surface area (Å²) in [6, 6.07) is 24.0. The number of ether oxygens (including phenoxy) is 1. The molecular formula is C47H52ClN7O8S. The van der Waals surface area contributed by atoms with Crippen molar-refractivity contribution in [3.05, 3.63) is 123 Å². The molecule has 1 aliphatic carbocycles. The van der Waals surface area contributed by atoms with Crippen LogP contribution in [0.1, 0.15) is 61.9 Å². The summed E-state index contributed by atoms with van der Waals surface area (Å²) in [4.78, 5) is 45.4. The maximum Gasteiger partial charge on any atom is 0.407 e. The number of nitrogens with one attached hydrogen (secondary N) is 3. The Labute approximate surface area is 377 Å². The second-order valence-electron chi connectivity index (χ2n) is 17.7. The molecule has 0 radical (unpaired) electrons. The highest BCUT2D eigenvalue weighted by molar-refractivity contribution is 7.90. The van der Waals surface area contributed by atoms with Gasteiger partial charge in [-0.1, -0.05) is 43.2 Å². The van der Waals surface area contributed by atoms with Gasteiger partial charge in [0.15, 0.2) is 0 Å². The van der Waals surface area contributed by atoms with Gasteiger partial charge in [0.05, 0.1) is 15.4 Å². The Kier molecular flexibility index (Phi) is 12.9. The first-order valence-corrected chi connectivity index (χ1v) is 23.4. The maximum atomic E-state index is 14.0. The molecule has 2 amide bonds. The zero-order valence-corrected chi connectivity index (χ0v) is 37.4. The van der Waals surface area contributed by atoms with Crippen molar-refractivity contribution < 1.29 is 32.8 Å². The van der Waals surface area contributed by atoms with Gasteiger partial charge in [0.1, 0.15) is 17.2 Å². The smallest absolute Gasteiger partial charge is 0.407 e. The average molecular weight is 910 g/mol. The minimum Gasteiger partial charge on any atom is -0.465 e. The Bertz CT molecular complexity index is 2700. The fourth-order valence-electron chi connectivity index (χ4n) is 8.90. The molecule has 15 nitrogen and oxygen atoms in total. The molecule has 0 saturated carbocycles. The van der Waals surface area contributed by atoms with Crippen molar-refractivity contribution in [2.75, 3.05) is 62.6 Å². The highest BCUT2D eigenvalue weighted by Gasteiger charge is 2.31. The van der Waals surface area contributed by atoms with Crippen LogP contribution in [0.25, 0.3) is 16.5 Å². The van der Waals surface area contributed by atoms with Crippen LogP contribution in [0.15, 0.2) is 102 Å². The van der Waals surface area contributed by atoms with Gasteiger partial charge in [-0.3, -0.25) is 19.8 Å². The van der Waals surface area contributed by atoms with Crippen LogP contribution >= 0.6 is 11.6 Å². The van der Waals surface area contributed by atoms with Gasteiger partial charge in [0.25, 0.3) is 21.6 Å². The topological polar surface area (TPSA) is 190 Å². The SMILES string of the molecule is CC1(C)CCC(CN2CCN(c3ccc(C(=O)NS(=O)(=O)c4ccc(NCC5CCN(C(=O)O)CC5)c([N+](=O)[O-])c4)c(Oc4ccc5[nH]ccc5c4)c3)CC2)=C(c2ccc(Cl)cc2)C1. The van der Waals surface area contributed by atoms with E-state index in [1.165, 1.54) is 33.7 Å². The van der Waals surface area contributed by atoms with Crippen LogP contribution in [0, 0.1) is 21.4 Å². The molecule has 8 rings (SSSR count). The monoisotopic (exact) mass is 909 g/mol. The van der Waals surface area contributed by atoms with Gasteiger partial charge >= 0.3 is 6.09 Å². The highest BCUT2D eigenvalue weighted by Crippen LogP contribution is 2.43. The van der Waals surface area contributed by atoms with Gasteiger partial charge in [-0.2, -0.15) is 0 Å². The number of likely N-dealkylation sites (tertiary alicyclic amines) is 1. The van der Waals surface area contributed by atoms with Crippen molar-refractivity contribution >= 4 is 67.2 Å². The molecule has 336 valence electrons. The predicted octanol–water partition coefficient (Wildman–Crippen LogP) is 9.23. The number of aromatic amines is 1. The van der Waals surface area contributed by atoms with Crippen molar-refractivity contribution in [1.82, 2.24) is 19.5 Å². The lowest BCUT2D eigenvalue weighted by atomic mass is 9.72. The van der Waals surface area contributed by atoms with Gasteiger partial charge in [-0.25, -0.2) is 17.9 Å². The standard InChI is InChI=1S/C47H52ClN7O8S/c1-47(2)17-13-34(40(28-47)32-3-5-35(48)6-4-32)30-52-21-23-53(24-22-52)36-7-10-39(44(26-36)63-37-8-11-41-33(25-37)14-18-49-41)45(56)51-64(61,62)38-9-12-42(43(27-38)55(59)60)50-29-31-15-19-54(20-16-31)46(57)58/h3-12,14,18,25-27,31,49-50H,13,15-17,19-24,28-30H2,1-2H3,(H,51,56)(H,57,58). The number of carbonyl (C=O) groups is 2. The fourth-order valence-corrected chi connectivity index (χ4v) is 10.0. The van der Waals surface area contributed by atoms with E-state index in [1.54, 1.807) is 24.3 Å². The number of allylic oxidation sites excluding steroid dienone is 1. The Hall–Kier alpha value is -6.10. The predicted molar refractivity (Wildman–Crippen MR) is 248 cm³/mol. The number of fused-ring (bicyclic) bond motifs is 1. The van der Waals surface area contributed by atoms with E-state index in [-0.39, 0.29) is 28.3 Å². The normalized spacial score (nSPS) is 17.4. The summed E-state index contributed by atoms with van der Waals surface area (Å²) >= 11 is 6.24. The molecule has 0 atom stereocenters. The second-order valence-corrected chi connectivity index (χ2v) is 19.8. The number of halogens is 1. The molecule has 2 saturated heterocycles. The van der Waals surface area contributed by atoms with Crippen LogP contribution in [-0.2, 0) is 10.0 Å². The van der Waals surface area contributed by atoms with Crippen LogP contribution in [0.2, 0.25) is 5.02 Å². The highest BCUT2D eigenvalue weighted by atomic mass is 35.5. The Morgan fingerprint density at radius 3 is 2.42 bits per heavy atom. The third-order valence-corrected chi connectivity index (χ3v) is 14.2. The first-order chi connectivity index (χ1) is 30.6. The van der Waals surface area contributed by atoms with E-state index in [0.717, 1.165) is 79.7 Å². The van der Waals surface area contributed by atoms with Gasteiger partial charge < -0.3 is 29.9 Å². The van der Waals surface area contributed by atoms with Gasteiger partial charge in [-0.05, 0) is 115 Å². The van der Waals surface area contributed by atoms with E-state index >= 15 is 0 Å². The molecule has 1 aromatic heterocycles. The Morgan fingerprint density at radius 1 is 0.953 bits per heavy atom. The first-order valence-electron chi connectivity index (χ1n) is 21.5. The molecule has 17 heteroatoms. The first kappa shape index (κ1) is 44.5. The summed E-state index contributed by atoms with van der Waals surface area (Å²) in [6.45, 7) is 9.66. The second kappa shape index (κ2) is 18.6. The molecule has 4 N–H and O–H groups in total. The number of carboxylic acid groups (broad SMARTS) is 1. The number of sulfonamides is 1. The molecule has 4 aromatic carbocycles. The number of aromatic nitrogens is 1. The Balaban J connectivity index is 0.987. The minimum absolute atomic E-state index is 0.0382. The molecule has 2 fully saturated rings. The summed E-state index contributed by atoms with van der Waals surface area (Å²) in [7, 11) is -4.60. The zero-order valence-electron chi connectivity index (χ0n) is 35.8. The van der Waals surface area contributed by atoms with Crippen molar-refractivity contribution in [3.63, 3.8) is 0 Å². The number of nitro groups is 1. The summed E-state index contributed by atoms with van der Waals surface area (Å²) in [5, 5.41) is 26.0. The van der Waals surface area contributed by atoms with Crippen LogP contribution in [0.3, 0.4) is 0 Å². The van der Waals surface area contributed by atoms with Gasteiger partial charge in [0.2, 0.25) is 0 Å². The molecule has 0 unspecified atom stereocenters. The zero-order chi connectivity index (χ0) is 45.2. The van der Waals surface area contributed by atoms with E-state index in [1.807, 2.05) is 36.5 Å². The quantitative estimate of drug-likeness (QED) is 0.0651. The lowest BCUT2D eigenvalue weighted by molar-refractivity contribution is -0.384. The lowest BCUT2D eigenvalue weighted by Crippen LogP contribution is -2.47. The number of piperidine rings is 1. The number of hydrogen-bond acceptors (Lipinski definition) is 10. The number of hydrogen-bond donors (Lipinski definition) is 4. The van der Waals surface area contributed by atoms with Crippen molar-refractivity contribution in [2.45, 2.75) is 50.8 Å². The third kappa shape index (κ3) is 10.3. The average Bonchev–Trinajstić information content (AvgIpc) is 3.75. The van der Waals surface area contributed by atoms with E-state index in [4.69, 9.17) is 16.3 Å². The number of benzene rings is 4. The summed E-state index contributed by atoms with van der Waals surface area (Å²) in [5.74, 6) is -0.309. The van der Waals surface area contributed by atoms with Crippen LogP contribution in [0.4, 0.5) is 21.9 Å². The largest absolute Gasteiger partial charge is 0.465 e. The Morgan fingerprint density at radius 2 is 1.70 bits per heavy atom. The van der Waals surface area contributed by atoms with Crippen molar-refractivity contribution in [3.8, 4) is 11.5 Å². The van der Waals surface area contributed by atoms with Crippen molar-refractivity contribution in [1.29, 1.82) is 0 Å². The molecule has 0 bridgehead atoms. The van der Waals surface area contributed by atoms with Crippen molar-refractivity contribution in [2.24, 2.45) is 11.3 Å². The molecular weight excluding hydrogens is 858 g/mol. The minimum atomic E-state index is -4.60. The number of nitrogens with zero attached hydrogens (tertiary/aromatic N) is 4. The maximum absolute atomic E-state index is 14.0. The number of rotatable bonds is 13. The summed E-state index contributed by atoms with van der Waals surface area (Å²) in [6.07, 6.45) is 5.17. The fraction of sp³-hybridized carbons (Fsp3) is 0.362. The summed E-state index contributed by atoms with van der Waals surface area (Å²) < 4.78 is 35.9. The number of carbonyl (C=O) groups excluding carboxylic acids is 1. The molecule has 2 aliphatic heterocycles. The van der Waals surface area contributed by atoms with Crippen LogP contribution < -0.4 is 19.7 Å². The molecule has 5 aromatic rings. The van der Waals surface area contributed by atoms with E-state index in [9.17, 15) is 33.2 Å². The van der Waals surface area contributed by atoms with Crippen LogP contribution in [0.5, 0.6) is 11.5 Å². The molecule has 3 heterocycles. The molecule has 0 spiro atoms. The summed E-state index contributed by atoms with van der Waals surface area (Å²) in [5.41, 5.74) is 5.61. The van der Waals surface area contributed by atoms with E-state index < -0.39 is 37.5 Å². The number of H-pyrrole nitrogens is 1. The number of piperazine rings is 1. The lowest BCUT2D eigenvalue weighted by Gasteiger charge is -2.39. The van der Waals surface area contributed by atoms with Crippen LogP contribution in [-0.4, -0.2) is 97.6 Å².